The Morgan fingerprint density at radius 2 is 1.86 bits per heavy atom. The number of ether oxygens (including phenoxy) is 1. The van der Waals surface area contributed by atoms with E-state index >= 15 is 0 Å². The number of nitrogens with zero attached hydrogens (tertiary/aromatic N) is 3. The fraction of sp³-hybridized carbons (Fsp3) is 0.300. The maximum Gasteiger partial charge on any atom is 0.257 e. The van der Waals surface area contributed by atoms with Crippen molar-refractivity contribution >= 4 is 22.6 Å². The van der Waals surface area contributed by atoms with Gasteiger partial charge in [-0.1, -0.05) is 43.3 Å². The number of aryl methyl sites for hydroxylation is 2. The third-order valence-corrected chi connectivity index (χ3v) is 7.28. The zero-order chi connectivity index (χ0) is 25.9. The fourth-order valence-corrected chi connectivity index (χ4v) is 4.97. The summed E-state index contributed by atoms with van der Waals surface area (Å²) in [6, 6.07) is 18.1. The van der Waals surface area contributed by atoms with E-state index in [0.29, 0.717) is 25.3 Å². The van der Waals surface area contributed by atoms with E-state index < -0.39 is 0 Å². The monoisotopic (exact) mass is 495 g/mol. The first-order chi connectivity index (χ1) is 17.9. The molecule has 7 heteroatoms. The number of rotatable bonds is 7. The minimum Gasteiger partial charge on any atom is -0.383 e. The Kier molecular flexibility index (Phi) is 7.17. The van der Waals surface area contributed by atoms with Crippen molar-refractivity contribution in [3.8, 4) is 11.1 Å². The molecule has 0 radical (unpaired) electrons. The molecule has 3 N–H and O–H groups in total. The maximum absolute atomic E-state index is 13.6. The first-order valence-corrected chi connectivity index (χ1v) is 12.7. The van der Waals surface area contributed by atoms with Crippen LogP contribution in [-0.4, -0.2) is 53.1 Å². The van der Waals surface area contributed by atoms with E-state index in [1.165, 1.54) is 11.1 Å². The van der Waals surface area contributed by atoms with Crippen LogP contribution in [0.2, 0.25) is 0 Å². The molecule has 0 spiro atoms. The number of likely N-dealkylation sites (N-methyl/N-ethyl adjacent to an activating group) is 1. The maximum atomic E-state index is 13.6. The lowest BCUT2D eigenvalue weighted by molar-refractivity contribution is 0.00906. The molecule has 1 aliphatic heterocycles. The number of nitrogens with two attached hydrogens (primary N) is 1. The van der Waals surface area contributed by atoms with Crippen LogP contribution in [0.1, 0.15) is 34.0 Å². The Hall–Kier alpha value is -3.81. The fourth-order valence-electron chi connectivity index (χ4n) is 4.97. The van der Waals surface area contributed by atoms with Gasteiger partial charge in [-0.2, -0.15) is 0 Å². The van der Waals surface area contributed by atoms with Gasteiger partial charge >= 0.3 is 0 Å². The van der Waals surface area contributed by atoms with Crippen LogP contribution in [0, 0.1) is 6.92 Å². The summed E-state index contributed by atoms with van der Waals surface area (Å²) in [5.74, 6) is 0.0380. The summed E-state index contributed by atoms with van der Waals surface area (Å²) in [6.45, 7) is 6.14. The SMILES string of the molecule is CCc1cc(CO[C@H]2CNCC2N(C)C(=O)c2cc(-c3cnc4ccccc4c3)cnc2N)ccc1C. The number of hydrogen-bond donors (Lipinski definition) is 2. The predicted octanol–water partition coefficient (Wildman–Crippen LogP) is 4.38. The van der Waals surface area contributed by atoms with E-state index in [1.807, 2.05) is 36.4 Å². The van der Waals surface area contributed by atoms with E-state index in [-0.39, 0.29) is 23.9 Å². The normalized spacial score (nSPS) is 17.3. The molecule has 1 amide bonds. The lowest BCUT2D eigenvalue weighted by atomic mass is 10.0. The van der Waals surface area contributed by atoms with E-state index in [4.69, 9.17) is 10.5 Å². The summed E-state index contributed by atoms with van der Waals surface area (Å²) >= 11 is 0. The third kappa shape index (κ3) is 5.19. The van der Waals surface area contributed by atoms with Crippen molar-refractivity contribution in [1.82, 2.24) is 20.2 Å². The number of amides is 1. The van der Waals surface area contributed by atoms with Gasteiger partial charge < -0.3 is 20.7 Å². The smallest absolute Gasteiger partial charge is 0.257 e. The Bertz CT molecular complexity index is 1440. The first kappa shape index (κ1) is 24.9. The Balaban J connectivity index is 1.33. The van der Waals surface area contributed by atoms with Gasteiger partial charge in [-0.3, -0.25) is 9.78 Å². The molecule has 0 bridgehead atoms. The minimum absolute atomic E-state index is 0.117. The van der Waals surface area contributed by atoms with Crippen LogP contribution in [0.4, 0.5) is 5.82 Å². The number of benzene rings is 2. The third-order valence-electron chi connectivity index (χ3n) is 7.28. The lowest BCUT2D eigenvalue weighted by Gasteiger charge is -2.29. The van der Waals surface area contributed by atoms with Crippen LogP contribution in [-0.2, 0) is 17.8 Å². The zero-order valence-electron chi connectivity index (χ0n) is 21.6. The van der Waals surface area contributed by atoms with Gasteiger partial charge in [-0.25, -0.2) is 4.98 Å². The molecule has 1 aliphatic rings. The topological polar surface area (TPSA) is 93.4 Å². The molecule has 2 aromatic heterocycles. The van der Waals surface area contributed by atoms with Crippen LogP contribution in [0.5, 0.6) is 0 Å². The standard InChI is InChI=1S/C30H33N5O2/c1-4-21-11-20(10-9-19(21)2)18-37-28-17-32-16-27(28)35(3)30(36)25-13-24(15-34-29(25)31)23-12-22-7-5-6-8-26(22)33-14-23/h5-15,27-28,32H,4,16-18H2,1-3H3,(H2,31,34)/t27?,28-/m0/s1. The zero-order valence-corrected chi connectivity index (χ0v) is 21.6. The number of aromatic nitrogens is 2. The predicted molar refractivity (Wildman–Crippen MR) is 147 cm³/mol. The van der Waals surface area contributed by atoms with Crippen LogP contribution < -0.4 is 11.1 Å². The average molecular weight is 496 g/mol. The van der Waals surface area contributed by atoms with E-state index in [9.17, 15) is 4.79 Å². The van der Waals surface area contributed by atoms with E-state index in [1.54, 1.807) is 24.3 Å². The summed E-state index contributed by atoms with van der Waals surface area (Å²) in [7, 11) is 1.81. The second-order valence-corrected chi connectivity index (χ2v) is 9.68. The van der Waals surface area contributed by atoms with Gasteiger partial charge in [0.1, 0.15) is 5.82 Å². The molecule has 3 heterocycles. The summed E-state index contributed by atoms with van der Waals surface area (Å²) in [5, 5.41) is 4.40. The van der Waals surface area contributed by atoms with Crippen molar-refractivity contribution in [2.75, 3.05) is 25.9 Å². The van der Waals surface area contributed by atoms with Gasteiger partial charge in [-0.15, -0.1) is 0 Å². The van der Waals surface area contributed by atoms with E-state index in [0.717, 1.165) is 34.0 Å². The number of carbonyl (C=O) groups excluding carboxylic acids is 1. The summed E-state index contributed by atoms with van der Waals surface area (Å²) in [6.07, 6.45) is 4.36. The molecule has 1 saturated heterocycles. The van der Waals surface area contributed by atoms with Crippen molar-refractivity contribution in [3.05, 3.63) is 89.2 Å². The first-order valence-electron chi connectivity index (χ1n) is 12.7. The minimum atomic E-state index is -0.175. The molecule has 2 atom stereocenters. The largest absolute Gasteiger partial charge is 0.383 e. The molecule has 0 aliphatic carbocycles. The van der Waals surface area contributed by atoms with Crippen LogP contribution in [0.25, 0.3) is 22.0 Å². The van der Waals surface area contributed by atoms with Gasteiger partial charge in [0.2, 0.25) is 0 Å². The molecular formula is C30H33N5O2. The van der Waals surface area contributed by atoms with Crippen molar-refractivity contribution in [2.24, 2.45) is 0 Å². The highest BCUT2D eigenvalue weighted by Gasteiger charge is 2.34. The summed E-state index contributed by atoms with van der Waals surface area (Å²) in [4.78, 5) is 24.2. The Morgan fingerprint density at radius 3 is 2.70 bits per heavy atom. The van der Waals surface area contributed by atoms with Gasteiger partial charge in [-0.05, 0) is 48.2 Å². The van der Waals surface area contributed by atoms with Crippen molar-refractivity contribution < 1.29 is 9.53 Å². The van der Waals surface area contributed by atoms with Crippen molar-refractivity contribution in [2.45, 2.75) is 39.0 Å². The Labute approximate surface area is 217 Å². The second-order valence-electron chi connectivity index (χ2n) is 9.68. The molecule has 1 fully saturated rings. The highest BCUT2D eigenvalue weighted by molar-refractivity contribution is 5.99. The number of hydrogen-bond acceptors (Lipinski definition) is 6. The molecule has 4 aromatic rings. The molecular weight excluding hydrogens is 462 g/mol. The second kappa shape index (κ2) is 10.7. The molecule has 7 nitrogen and oxygen atoms in total. The lowest BCUT2D eigenvalue weighted by Crippen LogP contribution is -2.45. The van der Waals surface area contributed by atoms with Crippen LogP contribution in [0.3, 0.4) is 0 Å². The summed E-state index contributed by atoms with van der Waals surface area (Å²) in [5.41, 5.74) is 12.9. The summed E-state index contributed by atoms with van der Waals surface area (Å²) < 4.78 is 6.30. The average Bonchev–Trinajstić information content (AvgIpc) is 3.40. The number of carbonyl (C=O) groups is 1. The molecule has 5 rings (SSSR count). The quantitative estimate of drug-likeness (QED) is 0.395. The number of anilines is 1. The number of pyridine rings is 2. The van der Waals surface area contributed by atoms with Gasteiger partial charge in [0.15, 0.2) is 0 Å². The Morgan fingerprint density at radius 1 is 1.08 bits per heavy atom. The van der Waals surface area contributed by atoms with Crippen molar-refractivity contribution in [1.29, 1.82) is 0 Å². The number of fused-ring (bicyclic) bond motifs is 1. The van der Waals surface area contributed by atoms with Crippen LogP contribution in [0.15, 0.2) is 67.0 Å². The van der Waals surface area contributed by atoms with Gasteiger partial charge in [0.05, 0.1) is 29.8 Å². The molecule has 37 heavy (non-hydrogen) atoms. The van der Waals surface area contributed by atoms with E-state index in [2.05, 4.69) is 47.3 Å². The van der Waals surface area contributed by atoms with Crippen molar-refractivity contribution in [3.63, 3.8) is 0 Å². The number of para-hydroxylation sites is 1. The molecule has 0 saturated carbocycles. The number of nitrogens with one attached hydrogen (secondary N) is 1. The highest BCUT2D eigenvalue weighted by atomic mass is 16.5. The molecule has 2 aromatic carbocycles. The molecule has 1 unspecified atom stereocenters. The molecule has 190 valence electrons. The van der Waals surface area contributed by atoms with Gasteiger partial charge in [0.25, 0.3) is 5.91 Å². The van der Waals surface area contributed by atoms with Crippen LogP contribution >= 0.6 is 0 Å². The van der Waals surface area contributed by atoms with Gasteiger partial charge in [0, 0.05) is 49.0 Å². The highest BCUT2D eigenvalue weighted by Crippen LogP contribution is 2.26. The number of nitrogen functional groups attached to an aromatic ring is 1.